The first-order valence-electron chi connectivity index (χ1n) is 12.0. The monoisotopic (exact) mass is 520 g/mol. The first-order valence-corrected chi connectivity index (χ1v) is 12.0. The van der Waals surface area contributed by atoms with Crippen LogP contribution in [-0.2, 0) is 28.5 Å². The lowest BCUT2D eigenvalue weighted by Gasteiger charge is -2.30. The van der Waals surface area contributed by atoms with Crippen molar-refractivity contribution < 1.29 is 38.1 Å². The van der Waals surface area contributed by atoms with Gasteiger partial charge in [0.05, 0.1) is 5.39 Å². The highest BCUT2D eigenvalue weighted by Gasteiger charge is 2.42. The number of carbonyl (C=O) groups excluding carboxylic acids is 3. The first-order chi connectivity index (χ1) is 17.0. The van der Waals surface area contributed by atoms with Gasteiger partial charge in [-0.15, -0.1) is 0 Å². The lowest BCUT2D eigenvalue weighted by atomic mass is 10.2. The number of ether oxygens (including phenoxy) is 5. The average Bonchev–Trinajstić information content (AvgIpc) is 3.35. The molecule has 2 amide bonds. The maximum atomic E-state index is 13.2. The van der Waals surface area contributed by atoms with Crippen LogP contribution in [0.4, 0.5) is 15.4 Å². The molecule has 1 fully saturated rings. The van der Waals surface area contributed by atoms with E-state index in [-0.39, 0.29) is 5.82 Å². The number of anilines is 1. The van der Waals surface area contributed by atoms with Crippen LogP contribution in [0.1, 0.15) is 68.0 Å². The molecule has 0 aromatic carbocycles. The molecule has 204 valence electrons. The van der Waals surface area contributed by atoms with Crippen molar-refractivity contribution in [2.75, 3.05) is 12.0 Å². The third-order valence-electron chi connectivity index (χ3n) is 5.30. The standard InChI is InChI=1S/C25H36N4O8/c1-23(2,3)36-21(31)29(22(32)37-24(4,5)6)19-16-10-11-28(18(16)26-14-27-19)20-17(12-15(13-30)34-20)35-25(7,8)33-9/h10-11,13-15,17,20H,12H2,1-9H3/t15-,17+,20+/m0/s1. The molecule has 2 aromatic heterocycles. The molecule has 3 rings (SSSR count). The van der Waals surface area contributed by atoms with Crippen LogP contribution in [-0.4, -0.2) is 69.3 Å². The van der Waals surface area contributed by atoms with E-state index >= 15 is 0 Å². The Bertz CT molecular complexity index is 1120. The number of rotatable bonds is 6. The van der Waals surface area contributed by atoms with E-state index in [2.05, 4.69) is 9.97 Å². The summed E-state index contributed by atoms with van der Waals surface area (Å²) >= 11 is 0. The number of amides is 2. The second-order valence-electron chi connectivity index (χ2n) is 11.2. The summed E-state index contributed by atoms with van der Waals surface area (Å²) in [5, 5.41) is 0.363. The summed E-state index contributed by atoms with van der Waals surface area (Å²) in [5.41, 5.74) is -1.41. The zero-order valence-corrected chi connectivity index (χ0v) is 22.8. The van der Waals surface area contributed by atoms with Crippen molar-refractivity contribution in [3.8, 4) is 0 Å². The maximum Gasteiger partial charge on any atom is 0.425 e. The fourth-order valence-electron chi connectivity index (χ4n) is 3.72. The predicted octanol–water partition coefficient (Wildman–Crippen LogP) is 4.36. The zero-order valence-electron chi connectivity index (χ0n) is 22.8. The van der Waals surface area contributed by atoms with Crippen molar-refractivity contribution in [3.05, 3.63) is 18.6 Å². The van der Waals surface area contributed by atoms with E-state index in [1.165, 1.54) is 13.4 Å². The normalized spacial score (nSPS) is 20.6. The fraction of sp³-hybridized carbons (Fsp3) is 0.640. The van der Waals surface area contributed by atoms with Crippen LogP contribution in [0.2, 0.25) is 0 Å². The van der Waals surface area contributed by atoms with E-state index < -0.39 is 47.6 Å². The minimum absolute atomic E-state index is 0.0214. The summed E-state index contributed by atoms with van der Waals surface area (Å²) < 4.78 is 30.1. The summed E-state index contributed by atoms with van der Waals surface area (Å²) in [6.45, 7) is 13.6. The fourth-order valence-corrected chi connectivity index (χ4v) is 3.72. The number of nitrogens with zero attached hydrogens (tertiary/aromatic N) is 4. The van der Waals surface area contributed by atoms with Gasteiger partial charge in [0.15, 0.2) is 17.8 Å². The highest BCUT2D eigenvalue weighted by Crippen LogP contribution is 2.37. The number of hydrogen-bond acceptors (Lipinski definition) is 10. The number of aldehydes is 1. The molecule has 12 heteroatoms. The molecule has 0 spiro atoms. The first kappa shape index (κ1) is 28.5. The second kappa shape index (κ2) is 10.3. The summed E-state index contributed by atoms with van der Waals surface area (Å²) in [7, 11) is 1.52. The largest absolute Gasteiger partial charge is 0.443 e. The zero-order chi connectivity index (χ0) is 27.8. The van der Waals surface area contributed by atoms with Gasteiger partial charge in [-0.1, -0.05) is 0 Å². The lowest BCUT2D eigenvalue weighted by Crippen LogP contribution is -2.44. The molecule has 0 bridgehead atoms. The molecular formula is C25H36N4O8. The quantitative estimate of drug-likeness (QED) is 0.400. The molecule has 1 saturated heterocycles. The molecule has 0 radical (unpaired) electrons. The summed E-state index contributed by atoms with van der Waals surface area (Å²) in [5.74, 6) is -0.955. The van der Waals surface area contributed by atoms with Gasteiger partial charge in [-0.3, -0.25) is 0 Å². The van der Waals surface area contributed by atoms with Crippen LogP contribution in [0.5, 0.6) is 0 Å². The van der Waals surface area contributed by atoms with Gasteiger partial charge in [0.25, 0.3) is 0 Å². The van der Waals surface area contributed by atoms with Gasteiger partial charge in [0.1, 0.15) is 41.7 Å². The van der Waals surface area contributed by atoms with Gasteiger partial charge in [0.2, 0.25) is 0 Å². The van der Waals surface area contributed by atoms with Crippen LogP contribution in [0.3, 0.4) is 0 Å². The highest BCUT2D eigenvalue weighted by atomic mass is 16.7. The van der Waals surface area contributed by atoms with Crippen molar-refractivity contribution in [3.63, 3.8) is 0 Å². The molecule has 2 aromatic rings. The summed E-state index contributed by atoms with van der Waals surface area (Å²) in [4.78, 5) is 47.2. The molecule has 1 aliphatic rings. The summed E-state index contributed by atoms with van der Waals surface area (Å²) in [6.07, 6.45) is 0.0346. The minimum Gasteiger partial charge on any atom is -0.443 e. The molecule has 0 aliphatic carbocycles. The number of aromatic nitrogens is 3. The van der Waals surface area contributed by atoms with Crippen molar-refractivity contribution >= 4 is 35.3 Å². The van der Waals surface area contributed by atoms with Crippen molar-refractivity contribution in [2.24, 2.45) is 0 Å². The molecule has 0 unspecified atom stereocenters. The molecule has 37 heavy (non-hydrogen) atoms. The lowest BCUT2D eigenvalue weighted by molar-refractivity contribution is -0.237. The van der Waals surface area contributed by atoms with Crippen molar-refractivity contribution in [1.29, 1.82) is 0 Å². The van der Waals surface area contributed by atoms with Gasteiger partial charge >= 0.3 is 12.2 Å². The Hall–Kier alpha value is -3.09. The Morgan fingerprint density at radius 3 is 2.16 bits per heavy atom. The number of carbonyl (C=O) groups is 3. The Morgan fingerprint density at radius 1 is 1.05 bits per heavy atom. The second-order valence-corrected chi connectivity index (χ2v) is 11.2. The molecule has 0 N–H and O–H groups in total. The highest BCUT2D eigenvalue weighted by molar-refractivity contribution is 6.13. The third-order valence-corrected chi connectivity index (χ3v) is 5.30. The number of methoxy groups -OCH3 is 1. The maximum absolute atomic E-state index is 13.2. The molecule has 12 nitrogen and oxygen atoms in total. The molecule has 3 atom stereocenters. The van der Waals surface area contributed by atoms with E-state index in [9.17, 15) is 14.4 Å². The number of hydrogen-bond donors (Lipinski definition) is 0. The van der Waals surface area contributed by atoms with Gasteiger partial charge in [-0.2, -0.15) is 4.90 Å². The molecular weight excluding hydrogens is 484 g/mol. The van der Waals surface area contributed by atoms with Crippen molar-refractivity contribution in [2.45, 2.75) is 97.2 Å². The molecule has 1 aliphatic heterocycles. The Morgan fingerprint density at radius 2 is 1.65 bits per heavy atom. The van der Waals surface area contributed by atoms with Gasteiger partial charge in [0, 0.05) is 19.7 Å². The van der Waals surface area contributed by atoms with E-state index in [0.717, 1.165) is 11.2 Å². The van der Waals surface area contributed by atoms with Crippen molar-refractivity contribution in [1.82, 2.24) is 14.5 Å². The third kappa shape index (κ3) is 6.82. The van der Waals surface area contributed by atoms with E-state index in [0.29, 0.717) is 17.5 Å². The van der Waals surface area contributed by atoms with E-state index in [1.54, 1.807) is 72.2 Å². The van der Waals surface area contributed by atoms with Gasteiger partial charge < -0.3 is 33.0 Å². The van der Waals surface area contributed by atoms with E-state index in [1.807, 2.05) is 0 Å². The molecule has 3 heterocycles. The summed E-state index contributed by atoms with van der Waals surface area (Å²) in [6, 6.07) is 1.64. The Balaban J connectivity index is 2.08. The van der Waals surface area contributed by atoms with Crippen LogP contribution >= 0.6 is 0 Å². The van der Waals surface area contributed by atoms with E-state index in [4.69, 9.17) is 23.7 Å². The minimum atomic E-state index is -0.948. The van der Waals surface area contributed by atoms with Gasteiger partial charge in [-0.05, 0) is 61.5 Å². The number of fused-ring (bicyclic) bond motifs is 1. The average molecular weight is 521 g/mol. The smallest absolute Gasteiger partial charge is 0.425 e. The Kier molecular flexibility index (Phi) is 7.96. The topological polar surface area (TPSA) is 131 Å². The van der Waals surface area contributed by atoms with Crippen LogP contribution in [0.15, 0.2) is 18.6 Å². The Labute approximate surface area is 216 Å². The molecule has 0 saturated carbocycles. The predicted molar refractivity (Wildman–Crippen MR) is 133 cm³/mol. The SMILES string of the molecule is COC(C)(C)O[C@@H]1C[C@@H](C=O)O[C@H]1n1ccc2c(N(C(=O)OC(C)(C)C)C(=O)OC(C)(C)C)ncnc21. The van der Waals surface area contributed by atoms with Gasteiger partial charge in [-0.25, -0.2) is 19.6 Å². The number of imide groups is 1. The van der Waals surface area contributed by atoms with Crippen LogP contribution in [0.25, 0.3) is 11.0 Å². The van der Waals surface area contributed by atoms with Crippen LogP contribution in [0, 0.1) is 0 Å². The van der Waals surface area contributed by atoms with Crippen LogP contribution < -0.4 is 4.90 Å².